The molecular weight excluding hydrogens is 317 g/mol. The third-order valence-corrected chi connectivity index (χ3v) is 3.99. The van der Waals surface area contributed by atoms with E-state index in [1.54, 1.807) is 35.1 Å². The second-order valence-electron chi connectivity index (χ2n) is 4.92. The molecule has 4 aromatic rings. The average molecular weight is 327 g/mol. The van der Waals surface area contributed by atoms with E-state index in [-0.39, 0.29) is 17.2 Å². The van der Waals surface area contributed by atoms with Crippen LogP contribution in [0.2, 0.25) is 0 Å². The molecule has 4 rings (SSSR count). The monoisotopic (exact) mass is 327 g/mol. The van der Waals surface area contributed by atoms with Gasteiger partial charge in [-0.3, -0.25) is 9.78 Å². The van der Waals surface area contributed by atoms with Gasteiger partial charge in [0.2, 0.25) is 0 Å². The number of H-pyrrole nitrogens is 1. The third-order valence-electron chi connectivity index (χ3n) is 3.45. The maximum Gasteiger partial charge on any atom is 0.323 e. The van der Waals surface area contributed by atoms with Crippen LogP contribution < -0.4 is 4.87 Å². The summed E-state index contributed by atoms with van der Waals surface area (Å²) in [7, 11) is 0. The largest absolute Gasteiger partial charge is 0.323 e. The predicted molar refractivity (Wildman–Crippen MR) is 84.8 cm³/mol. The number of fused-ring (bicyclic) bond motifs is 1. The Morgan fingerprint density at radius 2 is 2.09 bits per heavy atom. The van der Waals surface area contributed by atoms with E-state index in [2.05, 4.69) is 19.4 Å². The normalized spacial score (nSPS) is 11.2. The van der Waals surface area contributed by atoms with Crippen molar-refractivity contribution in [2.24, 2.45) is 0 Å². The lowest BCUT2D eigenvalue weighted by Crippen LogP contribution is -2.04. The second-order valence-corrected chi connectivity index (χ2v) is 5.65. The summed E-state index contributed by atoms with van der Waals surface area (Å²) in [5.74, 6) is 0.0981. The van der Waals surface area contributed by atoms with E-state index < -0.39 is 0 Å². The number of hydrogen-bond donors (Lipinski definition) is 1. The SMILES string of the molecule is O=c1[nH]c(-c2nn(Cc3ccccc3F)c3ncccc23)ns1. The predicted octanol–water partition coefficient (Wildman–Crippen LogP) is 2.43. The van der Waals surface area contributed by atoms with E-state index in [1.807, 2.05) is 6.07 Å². The first-order chi connectivity index (χ1) is 11.2. The van der Waals surface area contributed by atoms with Gasteiger partial charge in [-0.2, -0.15) is 9.47 Å². The lowest BCUT2D eigenvalue weighted by atomic mass is 10.2. The molecule has 3 heterocycles. The standard InChI is InChI=1S/C15H10FN5OS/c16-11-6-2-1-4-9(11)8-21-14-10(5-3-7-17-14)12(19-21)13-18-15(22)23-20-13/h1-7H,8H2,(H,18,20,22). The smallest absolute Gasteiger partial charge is 0.294 e. The molecule has 0 amide bonds. The quantitative estimate of drug-likeness (QED) is 0.627. The van der Waals surface area contributed by atoms with Gasteiger partial charge < -0.3 is 0 Å². The molecule has 0 fully saturated rings. The molecule has 0 bridgehead atoms. The van der Waals surface area contributed by atoms with Crippen molar-refractivity contribution in [3.8, 4) is 11.5 Å². The molecule has 8 heteroatoms. The maximum absolute atomic E-state index is 13.9. The summed E-state index contributed by atoms with van der Waals surface area (Å²) in [6.45, 7) is 0.245. The first kappa shape index (κ1) is 13.8. The van der Waals surface area contributed by atoms with Crippen molar-refractivity contribution < 1.29 is 4.39 Å². The number of rotatable bonds is 3. The summed E-state index contributed by atoms with van der Waals surface area (Å²) in [5, 5.41) is 5.23. The minimum absolute atomic E-state index is 0.245. The first-order valence-electron chi connectivity index (χ1n) is 6.83. The van der Waals surface area contributed by atoms with Crippen molar-refractivity contribution in [2.75, 3.05) is 0 Å². The van der Waals surface area contributed by atoms with Gasteiger partial charge in [-0.05, 0) is 18.2 Å². The third kappa shape index (κ3) is 2.42. The molecule has 23 heavy (non-hydrogen) atoms. The van der Waals surface area contributed by atoms with E-state index in [0.29, 0.717) is 22.7 Å². The highest BCUT2D eigenvalue weighted by Gasteiger charge is 2.16. The lowest BCUT2D eigenvalue weighted by molar-refractivity contribution is 0.589. The van der Waals surface area contributed by atoms with Gasteiger partial charge in [0.05, 0.1) is 11.9 Å². The van der Waals surface area contributed by atoms with Crippen LogP contribution in [0.3, 0.4) is 0 Å². The molecule has 0 aliphatic heterocycles. The van der Waals surface area contributed by atoms with Gasteiger partial charge in [-0.15, -0.1) is 0 Å². The molecule has 0 aliphatic carbocycles. The van der Waals surface area contributed by atoms with Crippen molar-refractivity contribution >= 4 is 22.6 Å². The van der Waals surface area contributed by atoms with Crippen LogP contribution in [0.5, 0.6) is 0 Å². The minimum atomic E-state index is -0.296. The fourth-order valence-corrected chi connectivity index (χ4v) is 2.86. The molecule has 0 unspecified atom stereocenters. The van der Waals surface area contributed by atoms with Crippen LogP contribution in [0.15, 0.2) is 47.4 Å². The van der Waals surface area contributed by atoms with Gasteiger partial charge >= 0.3 is 4.87 Å². The highest BCUT2D eigenvalue weighted by Crippen LogP contribution is 2.24. The molecule has 3 aromatic heterocycles. The summed E-state index contributed by atoms with van der Waals surface area (Å²) in [6, 6.07) is 10.2. The first-order valence-corrected chi connectivity index (χ1v) is 7.61. The van der Waals surface area contributed by atoms with E-state index >= 15 is 0 Å². The van der Waals surface area contributed by atoms with Gasteiger partial charge in [-0.25, -0.2) is 14.1 Å². The van der Waals surface area contributed by atoms with Gasteiger partial charge in [-0.1, -0.05) is 18.2 Å². The number of hydrogen-bond acceptors (Lipinski definition) is 5. The number of pyridine rings is 1. The van der Waals surface area contributed by atoms with Crippen LogP contribution in [0.1, 0.15) is 5.56 Å². The lowest BCUT2D eigenvalue weighted by Gasteiger charge is -2.04. The number of nitrogens with one attached hydrogen (secondary N) is 1. The molecule has 6 nitrogen and oxygen atoms in total. The molecule has 0 atom stereocenters. The van der Waals surface area contributed by atoms with Crippen molar-refractivity contribution in [1.82, 2.24) is 24.1 Å². The highest BCUT2D eigenvalue weighted by atomic mass is 32.1. The van der Waals surface area contributed by atoms with Gasteiger partial charge in [0, 0.05) is 23.3 Å². The fraction of sp³-hybridized carbons (Fsp3) is 0.0667. The topological polar surface area (TPSA) is 76.5 Å². The molecule has 0 radical (unpaired) electrons. The number of nitrogens with zero attached hydrogens (tertiary/aromatic N) is 4. The van der Waals surface area contributed by atoms with Crippen LogP contribution in [0.25, 0.3) is 22.6 Å². The molecule has 1 aromatic carbocycles. The van der Waals surface area contributed by atoms with Crippen LogP contribution in [0.4, 0.5) is 4.39 Å². The van der Waals surface area contributed by atoms with Crippen LogP contribution >= 0.6 is 11.5 Å². The Hall–Kier alpha value is -2.87. The molecule has 0 saturated heterocycles. The Kier molecular flexibility index (Phi) is 3.23. The zero-order valence-electron chi connectivity index (χ0n) is 11.7. The summed E-state index contributed by atoms with van der Waals surface area (Å²) in [5.41, 5.74) is 1.66. The number of aromatic amines is 1. The van der Waals surface area contributed by atoms with Crippen molar-refractivity contribution in [2.45, 2.75) is 6.54 Å². The minimum Gasteiger partial charge on any atom is -0.294 e. The second kappa shape index (κ2) is 5.40. The molecule has 0 spiro atoms. The van der Waals surface area contributed by atoms with Gasteiger partial charge in [0.25, 0.3) is 0 Å². The van der Waals surface area contributed by atoms with Crippen molar-refractivity contribution in [3.63, 3.8) is 0 Å². The Morgan fingerprint density at radius 1 is 1.22 bits per heavy atom. The van der Waals surface area contributed by atoms with E-state index in [1.165, 1.54) is 6.07 Å². The van der Waals surface area contributed by atoms with Crippen LogP contribution in [-0.2, 0) is 6.54 Å². The average Bonchev–Trinajstić information content (AvgIpc) is 3.14. The Balaban J connectivity index is 1.88. The van der Waals surface area contributed by atoms with E-state index in [9.17, 15) is 9.18 Å². The van der Waals surface area contributed by atoms with E-state index in [4.69, 9.17) is 0 Å². The molecular formula is C15H10FN5OS. The zero-order valence-corrected chi connectivity index (χ0v) is 12.5. The Morgan fingerprint density at radius 3 is 2.87 bits per heavy atom. The van der Waals surface area contributed by atoms with Crippen LogP contribution in [-0.4, -0.2) is 24.1 Å². The van der Waals surface area contributed by atoms with Crippen molar-refractivity contribution in [3.05, 3.63) is 63.6 Å². The van der Waals surface area contributed by atoms with Gasteiger partial charge in [0.15, 0.2) is 11.5 Å². The Bertz CT molecular complexity index is 1050. The summed E-state index contributed by atoms with van der Waals surface area (Å²) >= 11 is 0.833. The number of halogens is 1. The zero-order chi connectivity index (χ0) is 15.8. The number of benzene rings is 1. The number of aromatic nitrogens is 5. The molecule has 0 aliphatic rings. The fourth-order valence-electron chi connectivity index (χ4n) is 2.41. The van der Waals surface area contributed by atoms with Crippen LogP contribution in [0, 0.1) is 5.82 Å². The molecule has 0 saturated carbocycles. The van der Waals surface area contributed by atoms with E-state index in [0.717, 1.165) is 16.9 Å². The van der Waals surface area contributed by atoms with Crippen molar-refractivity contribution in [1.29, 1.82) is 0 Å². The Labute approximate surface area is 133 Å². The highest BCUT2D eigenvalue weighted by molar-refractivity contribution is 7.03. The maximum atomic E-state index is 13.9. The summed E-state index contributed by atoms with van der Waals surface area (Å²) in [4.78, 5) is 18.1. The van der Waals surface area contributed by atoms with Gasteiger partial charge in [0.1, 0.15) is 11.5 Å². The molecule has 1 N–H and O–H groups in total. The summed E-state index contributed by atoms with van der Waals surface area (Å²) in [6.07, 6.45) is 1.65. The molecule has 114 valence electrons. The summed E-state index contributed by atoms with van der Waals surface area (Å²) < 4.78 is 19.6.